The summed E-state index contributed by atoms with van der Waals surface area (Å²) in [7, 11) is 0. The number of carbonyl (C=O) groups is 2. The maximum Gasteiger partial charge on any atom is 0.309 e. The van der Waals surface area contributed by atoms with Gasteiger partial charge in [-0.25, -0.2) is 0 Å². The van der Waals surface area contributed by atoms with Crippen LogP contribution in [0, 0.1) is 12.8 Å². The molecule has 2 fully saturated rings. The molecule has 0 radical (unpaired) electrons. The van der Waals surface area contributed by atoms with Crippen LogP contribution in [0.3, 0.4) is 0 Å². The molecule has 2 heterocycles. The van der Waals surface area contributed by atoms with E-state index in [4.69, 9.17) is 4.42 Å². The van der Waals surface area contributed by atoms with Crippen molar-refractivity contribution in [2.45, 2.75) is 44.7 Å². The van der Waals surface area contributed by atoms with Crippen molar-refractivity contribution >= 4 is 11.9 Å². The summed E-state index contributed by atoms with van der Waals surface area (Å²) in [6.45, 7) is 1.89. The molecule has 1 N–H and O–H groups in total. The fourth-order valence-electron chi connectivity index (χ4n) is 2.95. The van der Waals surface area contributed by atoms with Crippen molar-refractivity contribution in [2.24, 2.45) is 5.92 Å². The second-order valence-corrected chi connectivity index (χ2v) is 5.43. The maximum absolute atomic E-state index is 12.2. The van der Waals surface area contributed by atoms with Gasteiger partial charge in [0.05, 0.1) is 12.2 Å². The standard InChI is InChI=1S/C14H17NO4/c1-8-6-7-19-13(8)12-10(14(17)18)4-5-11(16)15(12)9-2-3-9/h6-7,9-10,12H,2-5H2,1H3,(H,17,18). The molecule has 0 bridgehead atoms. The third kappa shape index (κ3) is 2.03. The number of carboxylic acid groups (broad SMARTS) is 1. The number of carboxylic acids is 1. The van der Waals surface area contributed by atoms with Crippen LogP contribution >= 0.6 is 0 Å². The van der Waals surface area contributed by atoms with Crippen molar-refractivity contribution in [2.75, 3.05) is 0 Å². The molecule has 0 spiro atoms. The molecule has 2 unspecified atom stereocenters. The van der Waals surface area contributed by atoms with Crippen LogP contribution in [0.4, 0.5) is 0 Å². The van der Waals surface area contributed by atoms with Crippen LogP contribution in [0.5, 0.6) is 0 Å². The number of carbonyl (C=O) groups excluding carboxylic acids is 1. The fraction of sp³-hybridized carbons (Fsp3) is 0.571. The second kappa shape index (κ2) is 4.40. The van der Waals surface area contributed by atoms with Gasteiger partial charge in [0.1, 0.15) is 11.8 Å². The number of piperidine rings is 1. The Morgan fingerprint density at radius 1 is 1.42 bits per heavy atom. The molecule has 102 valence electrons. The molecular formula is C14H17NO4. The van der Waals surface area contributed by atoms with Crippen molar-refractivity contribution in [1.29, 1.82) is 0 Å². The molecule has 2 atom stereocenters. The highest BCUT2D eigenvalue weighted by atomic mass is 16.4. The lowest BCUT2D eigenvalue weighted by molar-refractivity contribution is -0.153. The van der Waals surface area contributed by atoms with E-state index in [9.17, 15) is 14.7 Å². The monoisotopic (exact) mass is 263 g/mol. The van der Waals surface area contributed by atoms with Crippen molar-refractivity contribution in [1.82, 2.24) is 4.90 Å². The quantitative estimate of drug-likeness (QED) is 0.906. The molecule has 0 aromatic carbocycles. The topological polar surface area (TPSA) is 70.7 Å². The molecule has 1 aliphatic carbocycles. The van der Waals surface area contributed by atoms with E-state index in [0.717, 1.165) is 18.4 Å². The summed E-state index contributed by atoms with van der Waals surface area (Å²) >= 11 is 0. The first-order chi connectivity index (χ1) is 9.09. The first kappa shape index (κ1) is 12.3. The van der Waals surface area contributed by atoms with Crippen molar-refractivity contribution in [3.63, 3.8) is 0 Å². The van der Waals surface area contributed by atoms with Gasteiger partial charge in [0.25, 0.3) is 0 Å². The summed E-state index contributed by atoms with van der Waals surface area (Å²) in [6.07, 6.45) is 4.21. The molecule has 1 saturated carbocycles. The zero-order chi connectivity index (χ0) is 13.6. The zero-order valence-corrected chi connectivity index (χ0v) is 10.8. The van der Waals surface area contributed by atoms with Crippen LogP contribution < -0.4 is 0 Å². The number of likely N-dealkylation sites (tertiary alicyclic amines) is 1. The second-order valence-electron chi connectivity index (χ2n) is 5.43. The molecule has 5 nitrogen and oxygen atoms in total. The van der Waals surface area contributed by atoms with E-state index in [0.29, 0.717) is 18.6 Å². The van der Waals surface area contributed by atoms with Crippen LogP contribution in [-0.4, -0.2) is 27.9 Å². The fourth-order valence-corrected chi connectivity index (χ4v) is 2.95. The molecule has 5 heteroatoms. The molecule has 1 amide bonds. The van der Waals surface area contributed by atoms with Crippen molar-refractivity contribution < 1.29 is 19.1 Å². The number of amides is 1. The van der Waals surface area contributed by atoms with Gasteiger partial charge in [0.15, 0.2) is 0 Å². The minimum atomic E-state index is -0.848. The molecule has 1 aromatic heterocycles. The Hall–Kier alpha value is -1.78. The van der Waals surface area contributed by atoms with Gasteiger partial charge in [0.2, 0.25) is 5.91 Å². The molecule has 19 heavy (non-hydrogen) atoms. The van der Waals surface area contributed by atoms with E-state index in [1.807, 2.05) is 13.0 Å². The lowest BCUT2D eigenvalue weighted by Gasteiger charge is -2.38. The molecular weight excluding hydrogens is 246 g/mol. The number of hydrogen-bond acceptors (Lipinski definition) is 3. The Balaban J connectivity index is 2.02. The summed E-state index contributed by atoms with van der Waals surface area (Å²) in [4.78, 5) is 25.4. The Labute approximate surface area is 111 Å². The molecule has 1 aromatic rings. The van der Waals surface area contributed by atoms with Gasteiger partial charge < -0.3 is 14.4 Å². The van der Waals surface area contributed by atoms with Gasteiger partial charge in [-0.3, -0.25) is 9.59 Å². The third-order valence-electron chi connectivity index (χ3n) is 4.07. The van der Waals surface area contributed by atoms with Crippen LogP contribution in [0.2, 0.25) is 0 Å². The first-order valence-corrected chi connectivity index (χ1v) is 6.67. The molecule has 3 rings (SSSR count). The highest BCUT2D eigenvalue weighted by Crippen LogP contribution is 2.44. The minimum absolute atomic E-state index is 0.0563. The predicted molar refractivity (Wildman–Crippen MR) is 66.4 cm³/mol. The molecule has 1 aliphatic heterocycles. The smallest absolute Gasteiger partial charge is 0.309 e. The summed E-state index contributed by atoms with van der Waals surface area (Å²) in [5, 5.41) is 9.42. The van der Waals surface area contributed by atoms with E-state index in [2.05, 4.69) is 0 Å². The van der Waals surface area contributed by atoms with Gasteiger partial charge in [-0.1, -0.05) is 0 Å². The number of aliphatic carboxylic acids is 1. The summed E-state index contributed by atoms with van der Waals surface area (Å²) in [5.41, 5.74) is 0.914. The van der Waals surface area contributed by atoms with Crippen LogP contribution in [0.25, 0.3) is 0 Å². The van der Waals surface area contributed by atoms with E-state index in [-0.39, 0.29) is 11.9 Å². The normalized spacial score (nSPS) is 27.6. The Morgan fingerprint density at radius 3 is 2.68 bits per heavy atom. The van der Waals surface area contributed by atoms with Crippen molar-refractivity contribution in [3.05, 3.63) is 23.7 Å². The number of hydrogen-bond donors (Lipinski definition) is 1. The van der Waals surface area contributed by atoms with Crippen LogP contribution in [0.15, 0.2) is 16.7 Å². The predicted octanol–water partition coefficient (Wildman–Crippen LogP) is 2.11. The average molecular weight is 263 g/mol. The Bertz CT molecular complexity index is 517. The van der Waals surface area contributed by atoms with E-state index < -0.39 is 17.9 Å². The van der Waals surface area contributed by atoms with Gasteiger partial charge in [-0.05, 0) is 37.8 Å². The highest BCUT2D eigenvalue weighted by Gasteiger charge is 2.48. The zero-order valence-electron chi connectivity index (χ0n) is 10.8. The SMILES string of the molecule is Cc1ccoc1C1C(C(=O)O)CCC(=O)N1C1CC1. The third-order valence-corrected chi connectivity index (χ3v) is 4.07. The minimum Gasteiger partial charge on any atom is -0.481 e. The van der Waals surface area contributed by atoms with Gasteiger partial charge >= 0.3 is 5.97 Å². The summed E-state index contributed by atoms with van der Waals surface area (Å²) < 4.78 is 5.48. The van der Waals surface area contributed by atoms with E-state index >= 15 is 0 Å². The van der Waals surface area contributed by atoms with Crippen molar-refractivity contribution in [3.8, 4) is 0 Å². The Morgan fingerprint density at radius 2 is 2.16 bits per heavy atom. The number of nitrogens with zero attached hydrogens (tertiary/aromatic N) is 1. The van der Waals surface area contributed by atoms with Crippen LogP contribution in [-0.2, 0) is 9.59 Å². The number of aryl methyl sites for hydroxylation is 1. The van der Waals surface area contributed by atoms with E-state index in [1.165, 1.54) is 0 Å². The van der Waals surface area contributed by atoms with Gasteiger partial charge in [-0.2, -0.15) is 0 Å². The number of furan rings is 1. The average Bonchev–Trinajstić information content (AvgIpc) is 3.10. The van der Waals surface area contributed by atoms with E-state index in [1.54, 1.807) is 11.2 Å². The van der Waals surface area contributed by atoms with Crippen LogP contribution in [0.1, 0.15) is 43.0 Å². The summed E-state index contributed by atoms with van der Waals surface area (Å²) in [5.74, 6) is -0.727. The number of rotatable bonds is 3. The lowest BCUT2D eigenvalue weighted by atomic mass is 9.86. The Kier molecular flexibility index (Phi) is 2.84. The van der Waals surface area contributed by atoms with Gasteiger partial charge in [0, 0.05) is 12.5 Å². The largest absolute Gasteiger partial charge is 0.481 e. The summed E-state index contributed by atoms with van der Waals surface area (Å²) in [6, 6.07) is 1.57. The molecule has 1 saturated heterocycles. The molecule has 2 aliphatic rings. The first-order valence-electron chi connectivity index (χ1n) is 6.67. The van der Waals surface area contributed by atoms with Gasteiger partial charge in [-0.15, -0.1) is 0 Å². The highest BCUT2D eigenvalue weighted by molar-refractivity contribution is 5.82. The maximum atomic E-state index is 12.2. The lowest BCUT2D eigenvalue weighted by Crippen LogP contribution is -2.46.